The molecule has 68 valence electrons. The van der Waals surface area contributed by atoms with Crippen molar-refractivity contribution in [1.82, 2.24) is 0 Å². The second kappa shape index (κ2) is 3.22. The van der Waals surface area contributed by atoms with Gasteiger partial charge < -0.3 is 21.1 Å². The molecule has 0 aliphatic heterocycles. The topological polar surface area (TPSA) is 104 Å². The Kier molecular flexibility index (Phi) is 2.46. The summed E-state index contributed by atoms with van der Waals surface area (Å²) in [6.45, 7) is 0. The monoisotopic (exact) mass is 173 g/mol. The summed E-state index contributed by atoms with van der Waals surface area (Å²) in [6.07, 6.45) is -0.923. The molecule has 0 aromatic carbocycles. The SMILES string of the molecule is NC1C=C(C(=O)O)C[C@@H](O)[C@@H]1O. The zero-order chi connectivity index (χ0) is 9.30. The van der Waals surface area contributed by atoms with Gasteiger partial charge in [-0.2, -0.15) is 0 Å². The number of carbonyl (C=O) groups is 1. The van der Waals surface area contributed by atoms with Gasteiger partial charge in [0, 0.05) is 12.0 Å². The van der Waals surface area contributed by atoms with Gasteiger partial charge in [-0.3, -0.25) is 0 Å². The minimum atomic E-state index is -1.10. The van der Waals surface area contributed by atoms with Gasteiger partial charge >= 0.3 is 5.97 Å². The standard InChI is InChI=1S/C7H11NO4/c8-4-1-3(7(11)12)2-5(9)6(4)10/h1,4-6,9-10H,2,8H2,(H,11,12)/t4?,5-,6-/m1/s1. The molecule has 0 bridgehead atoms. The maximum atomic E-state index is 10.4. The van der Waals surface area contributed by atoms with E-state index in [1.165, 1.54) is 6.08 Å². The molecule has 0 spiro atoms. The molecule has 5 N–H and O–H groups in total. The molecule has 1 unspecified atom stereocenters. The lowest BCUT2D eigenvalue weighted by Crippen LogP contribution is -2.45. The zero-order valence-corrected chi connectivity index (χ0v) is 6.34. The Bertz CT molecular complexity index is 225. The highest BCUT2D eigenvalue weighted by atomic mass is 16.4. The van der Waals surface area contributed by atoms with E-state index in [0.29, 0.717) is 0 Å². The summed E-state index contributed by atoms with van der Waals surface area (Å²) in [5.41, 5.74) is 5.40. The Labute approximate surface area is 69.1 Å². The van der Waals surface area contributed by atoms with Crippen LogP contribution in [-0.4, -0.2) is 39.5 Å². The van der Waals surface area contributed by atoms with E-state index in [1.54, 1.807) is 0 Å². The van der Waals surface area contributed by atoms with Gasteiger partial charge in [0.25, 0.3) is 0 Å². The third-order valence-corrected chi connectivity index (χ3v) is 1.89. The van der Waals surface area contributed by atoms with Crippen LogP contribution in [0, 0.1) is 0 Å². The second-order valence-corrected chi connectivity index (χ2v) is 2.84. The van der Waals surface area contributed by atoms with Crippen molar-refractivity contribution < 1.29 is 20.1 Å². The summed E-state index contributed by atoms with van der Waals surface area (Å²) in [4.78, 5) is 10.4. The van der Waals surface area contributed by atoms with Crippen LogP contribution >= 0.6 is 0 Å². The lowest BCUT2D eigenvalue weighted by Gasteiger charge is -2.26. The van der Waals surface area contributed by atoms with Crippen LogP contribution in [-0.2, 0) is 4.79 Å². The highest BCUT2D eigenvalue weighted by molar-refractivity contribution is 5.87. The number of carboxylic acids is 1. The smallest absolute Gasteiger partial charge is 0.331 e. The van der Waals surface area contributed by atoms with Crippen LogP contribution in [0.5, 0.6) is 0 Å². The number of aliphatic carboxylic acids is 1. The number of aliphatic hydroxyl groups excluding tert-OH is 2. The summed E-state index contributed by atoms with van der Waals surface area (Å²) in [5.74, 6) is -1.10. The summed E-state index contributed by atoms with van der Waals surface area (Å²) in [6, 6.07) is -0.792. The van der Waals surface area contributed by atoms with Gasteiger partial charge in [-0.1, -0.05) is 6.08 Å². The summed E-state index contributed by atoms with van der Waals surface area (Å²) in [5, 5.41) is 26.8. The van der Waals surface area contributed by atoms with E-state index in [1.807, 2.05) is 0 Å². The Morgan fingerprint density at radius 1 is 1.58 bits per heavy atom. The van der Waals surface area contributed by atoms with Crippen LogP contribution in [0.25, 0.3) is 0 Å². The highest BCUT2D eigenvalue weighted by Gasteiger charge is 2.30. The first-order valence-electron chi connectivity index (χ1n) is 3.58. The van der Waals surface area contributed by atoms with Crippen molar-refractivity contribution in [3.05, 3.63) is 11.6 Å². The van der Waals surface area contributed by atoms with Crippen LogP contribution in [0.15, 0.2) is 11.6 Å². The van der Waals surface area contributed by atoms with Crippen molar-refractivity contribution >= 4 is 5.97 Å². The number of hydrogen-bond donors (Lipinski definition) is 4. The first-order chi connectivity index (χ1) is 5.52. The molecule has 1 rings (SSSR count). The van der Waals surface area contributed by atoms with E-state index in [4.69, 9.17) is 21.1 Å². The Morgan fingerprint density at radius 3 is 2.58 bits per heavy atom. The molecule has 0 amide bonds. The largest absolute Gasteiger partial charge is 0.478 e. The average Bonchev–Trinajstić information content (AvgIpc) is 1.99. The van der Waals surface area contributed by atoms with Crippen molar-refractivity contribution in [2.24, 2.45) is 5.73 Å². The Balaban J connectivity index is 2.81. The second-order valence-electron chi connectivity index (χ2n) is 2.84. The fraction of sp³-hybridized carbons (Fsp3) is 0.571. The van der Waals surface area contributed by atoms with Gasteiger partial charge in [-0.15, -0.1) is 0 Å². The van der Waals surface area contributed by atoms with Gasteiger partial charge in [0.15, 0.2) is 0 Å². The third-order valence-electron chi connectivity index (χ3n) is 1.89. The number of hydrogen-bond acceptors (Lipinski definition) is 4. The minimum absolute atomic E-state index is 0.0514. The fourth-order valence-corrected chi connectivity index (χ4v) is 1.16. The van der Waals surface area contributed by atoms with Crippen LogP contribution in [0.3, 0.4) is 0 Å². The number of carboxylic acid groups (broad SMARTS) is 1. The molecular formula is C7H11NO4. The van der Waals surface area contributed by atoms with Gasteiger partial charge in [0.1, 0.15) is 0 Å². The number of aliphatic hydroxyl groups is 2. The van der Waals surface area contributed by atoms with Crippen molar-refractivity contribution in [3.8, 4) is 0 Å². The van der Waals surface area contributed by atoms with Gasteiger partial charge in [-0.25, -0.2) is 4.79 Å². The maximum absolute atomic E-state index is 10.4. The molecule has 0 radical (unpaired) electrons. The first-order valence-corrected chi connectivity index (χ1v) is 3.58. The Morgan fingerprint density at radius 2 is 2.17 bits per heavy atom. The quantitative estimate of drug-likeness (QED) is 0.384. The molecule has 0 fully saturated rings. The van der Waals surface area contributed by atoms with Crippen LogP contribution in [0.1, 0.15) is 6.42 Å². The molecule has 5 nitrogen and oxygen atoms in total. The zero-order valence-electron chi connectivity index (χ0n) is 6.34. The fourth-order valence-electron chi connectivity index (χ4n) is 1.16. The van der Waals surface area contributed by atoms with E-state index < -0.39 is 24.2 Å². The molecule has 5 heteroatoms. The first kappa shape index (κ1) is 9.18. The maximum Gasteiger partial charge on any atom is 0.331 e. The summed E-state index contributed by atoms with van der Waals surface area (Å²) in [7, 11) is 0. The van der Waals surface area contributed by atoms with Gasteiger partial charge in [0.05, 0.1) is 18.2 Å². The van der Waals surface area contributed by atoms with E-state index in [0.717, 1.165) is 0 Å². The van der Waals surface area contributed by atoms with Crippen molar-refractivity contribution in [3.63, 3.8) is 0 Å². The molecule has 0 aromatic heterocycles. The highest BCUT2D eigenvalue weighted by Crippen LogP contribution is 2.18. The minimum Gasteiger partial charge on any atom is -0.478 e. The van der Waals surface area contributed by atoms with E-state index in [9.17, 15) is 4.79 Å². The van der Waals surface area contributed by atoms with Crippen LogP contribution < -0.4 is 5.73 Å². The van der Waals surface area contributed by atoms with Crippen molar-refractivity contribution in [1.29, 1.82) is 0 Å². The molecule has 0 saturated heterocycles. The average molecular weight is 173 g/mol. The Hall–Kier alpha value is -0.910. The summed E-state index contributed by atoms with van der Waals surface area (Å²) < 4.78 is 0. The molecule has 0 aromatic rings. The van der Waals surface area contributed by atoms with Crippen LogP contribution in [0.2, 0.25) is 0 Å². The van der Waals surface area contributed by atoms with E-state index in [-0.39, 0.29) is 12.0 Å². The van der Waals surface area contributed by atoms with Crippen molar-refractivity contribution in [2.75, 3.05) is 0 Å². The van der Waals surface area contributed by atoms with E-state index in [2.05, 4.69) is 0 Å². The normalized spacial score (nSPS) is 35.9. The summed E-state index contributed by atoms with van der Waals surface area (Å²) >= 11 is 0. The van der Waals surface area contributed by atoms with Gasteiger partial charge in [-0.05, 0) is 0 Å². The molecule has 1 aliphatic rings. The van der Waals surface area contributed by atoms with Crippen molar-refractivity contribution in [2.45, 2.75) is 24.7 Å². The lowest BCUT2D eigenvalue weighted by molar-refractivity contribution is -0.133. The van der Waals surface area contributed by atoms with Gasteiger partial charge in [0.2, 0.25) is 0 Å². The van der Waals surface area contributed by atoms with Crippen LogP contribution in [0.4, 0.5) is 0 Å². The molecule has 12 heavy (non-hydrogen) atoms. The predicted octanol–water partition coefficient (Wildman–Crippen LogP) is -1.55. The number of rotatable bonds is 1. The molecule has 0 heterocycles. The molecule has 1 aliphatic carbocycles. The number of nitrogens with two attached hydrogens (primary N) is 1. The lowest BCUT2D eigenvalue weighted by atomic mass is 9.91. The molecule has 3 atom stereocenters. The van der Waals surface area contributed by atoms with E-state index >= 15 is 0 Å². The predicted molar refractivity (Wildman–Crippen MR) is 40.3 cm³/mol. The molecular weight excluding hydrogens is 162 g/mol. The third kappa shape index (κ3) is 1.63. The molecule has 0 saturated carbocycles.